The summed E-state index contributed by atoms with van der Waals surface area (Å²) in [6.45, 7) is 0. The number of H-pyrrole nitrogens is 2. The summed E-state index contributed by atoms with van der Waals surface area (Å²) < 4.78 is 3.33. The van der Waals surface area contributed by atoms with E-state index in [-0.39, 0.29) is 4.70 Å². The summed E-state index contributed by atoms with van der Waals surface area (Å²) >= 11 is 10.1. The number of fused-ring (bicyclic) bond motifs is 6. The Bertz CT molecular complexity index is 2180. The van der Waals surface area contributed by atoms with Crippen LogP contribution in [-0.2, 0) is 0 Å². The van der Waals surface area contributed by atoms with Gasteiger partial charge < -0.3 is 20.0 Å². The van der Waals surface area contributed by atoms with Crippen molar-refractivity contribution in [2.45, 2.75) is 0 Å². The summed E-state index contributed by atoms with van der Waals surface area (Å²) in [5.74, 6) is 0. The van der Waals surface area contributed by atoms with Crippen molar-refractivity contribution in [2.24, 2.45) is 0 Å². The molecule has 8 rings (SSSR count). The maximum absolute atomic E-state index is 9.14. The third kappa shape index (κ3) is 7.57. The zero-order valence-corrected chi connectivity index (χ0v) is 28.5. The van der Waals surface area contributed by atoms with Crippen LogP contribution in [0.25, 0.3) is 54.7 Å². The summed E-state index contributed by atoms with van der Waals surface area (Å²) in [7, 11) is -1.42. The highest BCUT2D eigenvalue weighted by Gasteiger charge is 2.12. The molecule has 0 saturated carbocycles. The fourth-order valence-corrected chi connectivity index (χ4v) is 5.92. The molecule has 0 atom stereocenters. The summed E-state index contributed by atoms with van der Waals surface area (Å²) in [6, 6.07) is 44.8. The van der Waals surface area contributed by atoms with Crippen LogP contribution in [0.2, 0.25) is 0 Å². The molecule has 6 aromatic carbocycles. The molecule has 4 nitrogen and oxygen atoms in total. The van der Waals surface area contributed by atoms with Crippen LogP contribution in [0.15, 0.2) is 147 Å². The Labute approximate surface area is 285 Å². The van der Waals surface area contributed by atoms with Crippen LogP contribution in [0.1, 0.15) is 0 Å². The van der Waals surface area contributed by atoms with E-state index in [9.17, 15) is 0 Å². The fourth-order valence-electron chi connectivity index (χ4n) is 5.13. The lowest BCUT2D eigenvalue weighted by Gasteiger charge is -2.02. The number of para-hydroxylation sites is 2. The van der Waals surface area contributed by atoms with Crippen molar-refractivity contribution >= 4 is 104 Å². The van der Waals surface area contributed by atoms with Gasteiger partial charge in [-0.25, -0.2) is 0 Å². The number of aromatic nitrogens is 2. The molecule has 0 aliphatic carbocycles. The van der Waals surface area contributed by atoms with E-state index in [2.05, 4.69) is 124 Å². The molecule has 2 aromatic heterocycles. The van der Waals surface area contributed by atoms with Gasteiger partial charge in [-0.05, 0) is 83.3 Å². The van der Waals surface area contributed by atoms with Crippen molar-refractivity contribution in [1.82, 2.24) is 9.97 Å². The van der Waals surface area contributed by atoms with E-state index in [0.717, 1.165) is 35.2 Å². The predicted octanol–water partition coefficient (Wildman–Crippen LogP) is 10.1. The van der Waals surface area contributed by atoms with E-state index in [4.69, 9.17) is 10.0 Å². The Kier molecular flexibility index (Phi) is 10.6. The maximum Gasteiger partial charge on any atom is 0.488 e. The van der Waals surface area contributed by atoms with E-state index in [1.54, 1.807) is 12.1 Å². The average molecular weight is 789 g/mol. The average Bonchev–Trinajstić information content (AvgIpc) is 3.61. The Morgan fingerprint density at radius 1 is 0.422 bits per heavy atom. The van der Waals surface area contributed by atoms with Gasteiger partial charge in [0.15, 0.2) is 0 Å². The normalized spacial score (nSPS) is 10.6. The molecule has 0 unspecified atom stereocenters. The highest BCUT2D eigenvalue weighted by atomic mass is 79.9. The molecule has 0 fully saturated rings. The maximum atomic E-state index is 9.14. The molecule has 45 heavy (non-hydrogen) atoms. The van der Waals surface area contributed by atoms with E-state index < -0.39 is 7.12 Å². The van der Waals surface area contributed by atoms with Crippen LogP contribution in [-0.4, -0.2) is 27.1 Å². The summed E-state index contributed by atoms with van der Waals surface area (Å²) in [4.78, 5) is 6.74. The summed E-state index contributed by atoms with van der Waals surface area (Å²) in [5, 5.41) is 22.9. The third-order valence-electron chi connectivity index (χ3n) is 7.32. The monoisotopic (exact) mass is 786 g/mol. The van der Waals surface area contributed by atoms with Crippen molar-refractivity contribution in [1.29, 1.82) is 0 Å². The lowest BCUT2D eigenvalue weighted by molar-refractivity contribution is 0.426. The van der Waals surface area contributed by atoms with Crippen molar-refractivity contribution in [3.8, 4) is 11.1 Å². The van der Waals surface area contributed by atoms with Gasteiger partial charge in [0.1, 0.15) is 0 Å². The van der Waals surface area contributed by atoms with E-state index in [0.29, 0.717) is 5.46 Å². The third-order valence-corrected chi connectivity index (χ3v) is 8.90. The smallest absolute Gasteiger partial charge is 0.423 e. The second-order valence-corrected chi connectivity index (χ2v) is 13.0. The molecule has 224 valence electrons. The molecule has 9 heteroatoms. The first-order chi connectivity index (χ1) is 21.4. The van der Waals surface area contributed by atoms with Crippen molar-refractivity contribution < 1.29 is 14.8 Å². The van der Waals surface area contributed by atoms with Gasteiger partial charge in [-0.3, -0.25) is 4.70 Å². The molecule has 0 aliphatic heterocycles. The Morgan fingerprint density at radius 2 is 0.822 bits per heavy atom. The van der Waals surface area contributed by atoms with Crippen LogP contribution in [0, 0.1) is 0 Å². The van der Waals surface area contributed by atoms with Crippen molar-refractivity contribution in [2.75, 3.05) is 0 Å². The second kappa shape index (κ2) is 14.6. The Hall–Kier alpha value is -3.73. The van der Waals surface area contributed by atoms with Crippen molar-refractivity contribution in [3.63, 3.8) is 0 Å². The SMILES string of the molecule is Brc1ccc(-c2ccc3[nH]c4ccccc4c3c2)cc1.Brc1ccc(Br)cc1.F.OB(O)c1ccc2[nH]c3ccccc3c2c1. The standard InChI is InChI=1S/C18H12BrN.C12H10BNO2.C6H4Br2.FH/c19-14-8-5-12(6-9-14)13-7-10-18-16(11-13)15-3-1-2-4-17(15)20-18;15-13(16)8-5-6-12-10(7-8)9-3-1-2-4-11(9)14-12;7-5-1-2-6(8)4-3-5;/h1-11,20H;1-7,14-16H;1-4H;1H. The second-order valence-electron chi connectivity index (χ2n) is 10.2. The molecule has 4 N–H and O–H groups in total. The zero-order chi connectivity index (χ0) is 30.6. The van der Waals surface area contributed by atoms with Crippen LogP contribution in [0.3, 0.4) is 0 Å². The van der Waals surface area contributed by atoms with Gasteiger partial charge in [0.2, 0.25) is 0 Å². The molecule has 0 amide bonds. The van der Waals surface area contributed by atoms with Gasteiger partial charge >= 0.3 is 7.12 Å². The van der Waals surface area contributed by atoms with Crippen LogP contribution < -0.4 is 5.46 Å². The minimum absolute atomic E-state index is 0. The van der Waals surface area contributed by atoms with Crippen LogP contribution >= 0.6 is 47.8 Å². The fraction of sp³-hybridized carbons (Fsp3) is 0. The zero-order valence-electron chi connectivity index (χ0n) is 23.7. The summed E-state index contributed by atoms with van der Waals surface area (Å²) in [6.07, 6.45) is 0. The lowest BCUT2D eigenvalue weighted by Crippen LogP contribution is -2.29. The van der Waals surface area contributed by atoms with Crippen LogP contribution in [0.4, 0.5) is 4.70 Å². The molecule has 2 heterocycles. The van der Waals surface area contributed by atoms with Gasteiger partial charge in [-0.2, -0.15) is 0 Å². The van der Waals surface area contributed by atoms with Gasteiger partial charge in [-0.1, -0.05) is 115 Å². The Morgan fingerprint density at radius 3 is 1.33 bits per heavy atom. The van der Waals surface area contributed by atoms with E-state index in [1.165, 1.54) is 32.9 Å². The number of nitrogens with one attached hydrogen (secondary N) is 2. The molecule has 0 spiro atoms. The number of benzene rings is 6. The molecule has 0 aliphatic rings. The highest BCUT2D eigenvalue weighted by Crippen LogP contribution is 2.30. The first-order valence-electron chi connectivity index (χ1n) is 13.9. The Balaban J connectivity index is 0.000000143. The number of rotatable bonds is 2. The minimum Gasteiger partial charge on any atom is -0.423 e. The van der Waals surface area contributed by atoms with E-state index in [1.807, 2.05) is 54.6 Å². The van der Waals surface area contributed by atoms with Gasteiger partial charge in [0.05, 0.1) is 0 Å². The first kappa shape index (κ1) is 32.7. The van der Waals surface area contributed by atoms with Crippen molar-refractivity contribution in [3.05, 3.63) is 147 Å². The molecule has 0 bridgehead atoms. The lowest BCUT2D eigenvalue weighted by atomic mass is 9.80. The molecule has 0 radical (unpaired) electrons. The molecular weight excluding hydrogens is 762 g/mol. The van der Waals surface area contributed by atoms with E-state index >= 15 is 0 Å². The summed E-state index contributed by atoms with van der Waals surface area (Å²) in [5.41, 5.74) is 7.43. The molecule has 8 aromatic rings. The minimum atomic E-state index is -1.42. The topological polar surface area (TPSA) is 72.0 Å². The van der Waals surface area contributed by atoms with Crippen LogP contribution in [0.5, 0.6) is 0 Å². The number of hydrogen-bond donors (Lipinski definition) is 4. The number of aromatic amines is 2. The molecular formula is C36H27BBr3FN2O2. The largest absolute Gasteiger partial charge is 0.488 e. The number of hydrogen-bond acceptors (Lipinski definition) is 2. The van der Waals surface area contributed by atoms with Gasteiger partial charge in [0.25, 0.3) is 0 Å². The highest BCUT2D eigenvalue weighted by molar-refractivity contribution is 9.11. The quantitative estimate of drug-likeness (QED) is 0.132. The van der Waals surface area contributed by atoms with Gasteiger partial charge in [-0.15, -0.1) is 0 Å². The first-order valence-corrected chi connectivity index (χ1v) is 16.3. The predicted molar refractivity (Wildman–Crippen MR) is 199 cm³/mol. The number of halogens is 4. The molecule has 0 saturated heterocycles. The van der Waals surface area contributed by atoms with Gasteiger partial charge in [0, 0.05) is 57.0 Å².